The van der Waals surface area contributed by atoms with Crippen LogP contribution >= 0.6 is 0 Å². The molecule has 2 heterocycles. The molecular weight excluding hydrogens is 560 g/mol. The van der Waals surface area contributed by atoms with Gasteiger partial charge in [0.05, 0.1) is 0 Å². The van der Waals surface area contributed by atoms with Crippen LogP contribution in [0.25, 0.3) is 72.3 Å². The second-order valence-electron chi connectivity index (χ2n) is 12.9. The SMILES string of the molecule is CC(C)c1cc(-c2ccccc2)cc(C(C)C)c1-[n+]1c(-c2cccc3c2oc2cc(-c4ccccc4)ccc23)[nH]c2ccccc21. The van der Waals surface area contributed by atoms with Gasteiger partial charge in [0, 0.05) is 21.9 Å². The summed E-state index contributed by atoms with van der Waals surface area (Å²) in [4.78, 5) is 3.83. The number of aromatic nitrogens is 2. The van der Waals surface area contributed by atoms with E-state index in [0.717, 1.165) is 49.9 Å². The van der Waals surface area contributed by atoms with Crippen LogP contribution in [0, 0.1) is 0 Å². The summed E-state index contributed by atoms with van der Waals surface area (Å²) in [5.74, 6) is 1.64. The zero-order valence-corrected chi connectivity index (χ0v) is 26.7. The van der Waals surface area contributed by atoms with Crippen molar-refractivity contribution in [1.82, 2.24) is 4.98 Å². The molecule has 0 bridgehead atoms. The molecule has 0 saturated carbocycles. The van der Waals surface area contributed by atoms with E-state index in [9.17, 15) is 0 Å². The summed E-state index contributed by atoms with van der Waals surface area (Å²) in [5, 5.41) is 2.24. The number of hydrogen-bond acceptors (Lipinski definition) is 1. The Morgan fingerprint density at radius 1 is 0.543 bits per heavy atom. The third-order valence-corrected chi connectivity index (χ3v) is 9.23. The standard InChI is InChI=1S/C43H36N2O/c1-27(2)36-24-32(30-16-9-6-10-17-30)25-37(28(3)4)41(36)45-39-21-12-11-20-38(39)44-43(45)35-19-13-18-34-33-23-22-31(26-40(33)46-42(34)35)29-14-7-5-8-15-29/h5-28H,1-4H3/p+1. The Balaban J connectivity index is 1.42. The van der Waals surface area contributed by atoms with Gasteiger partial charge in [-0.05, 0) is 76.6 Å². The summed E-state index contributed by atoms with van der Waals surface area (Å²) in [6.07, 6.45) is 0. The molecule has 1 N–H and O–H groups in total. The lowest BCUT2D eigenvalue weighted by atomic mass is 9.88. The van der Waals surface area contributed by atoms with Crippen molar-refractivity contribution in [2.24, 2.45) is 0 Å². The van der Waals surface area contributed by atoms with Crippen LogP contribution in [0.15, 0.2) is 138 Å². The molecule has 2 aromatic heterocycles. The van der Waals surface area contributed by atoms with Crippen LogP contribution in [0.2, 0.25) is 0 Å². The quantitative estimate of drug-likeness (QED) is 0.190. The van der Waals surface area contributed by atoms with E-state index in [0.29, 0.717) is 11.8 Å². The van der Waals surface area contributed by atoms with Gasteiger partial charge in [0.25, 0.3) is 5.82 Å². The number of imidazole rings is 1. The molecule has 0 atom stereocenters. The van der Waals surface area contributed by atoms with Gasteiger partial charge < -0.3 is 4.42 Å². The molecule has 0 unspecified atom stereocenters. The Bertz CT molecular complexity index is 2330. The fourth-order valence-corrected chi connectivity index (χ4v) is 6.91. The lowest BCUT2D eigenvalue weighted by molar-refractivity contribution is -0.556. The maximum Gasteiger partial charge on any atom is 0.296 e. The number of aromatic amines is 1. The molecule has 3 nitrogen and oxygen atoms in total. The average Bonchev–Trinajstić information content (AvgIpc) is 3.66. The highest BCUT2D eigenvalue weighted by Crippen LogP contribution is 2.39. The molecule has 0 radical (unpaired) electrons. The molecule has 0 saturated heterocycles. The first-order valence-electron chi connectivity index (χ1n) is 16.3. The van der Waals surface area contributed by atoms with Crippen LogP contribution in [-0.4, -0.2) is 4.98 Å². The number of rotatable bonds is 6. The minimum Gasteiger partial charge on any atom is -0.455 e. The van der Waals surface area contributed by atoms with Gasteiger partial charge >= 0.3 is 0 Å². The molecule has 0 aliphatic heterocycles. The van der Waals surface area contributed by atoms with E-state index in [4.69, 9.17) is 4.42 Å². The summed E-state index contributed by atoms with van der Waals surface area (Å²) in [6, 6.07) is 47.7. The summed E-state index contributed by atoms with van der Waals surface area (Å²) in [5.41, 5.74) is 13.8. The Morgan fingerprint density at radius 2 is 1.17 bits per heavy atom. The second-order valence-corrected chi connectivity index (χ2v) is 12.9. The van der Waals surface area contributed by atoms with Gasteiger partial charge in [-0.15, -0.1) is 0 Å². The fourth-order valence-electron chi connectivity index (χ4n) is 6.91. The van der Waals surface area contributed by atoms with Crippen molar-refractivity contribution >= 4 is 33.0 Å². The van der Waals surface area contributed by atoms with E-state index < -0.39 is 0 Å². The summed E-state index contributed by atoms with van der Waals surface area (Å²) < 4.78 is 9.24. The Hall–Kier alpha value is -5.41. The number of H-pyrrole nitrogens is 1. The number of para-hydroxylation sites is 3. The number of furan rings is 1. The maximum atomic E-state index is 6.79. The van der Waals surface area contributed by atoms with E-state index in [1.54, 1.807) is 0 Å². The highest BCUT2D eigenvalue weighted by molar-refractivity contribution is 6.09. The molecule has 3 heteroatoms. The van der Waals surface area contributed by atoms with Crippen LogP contribution < -0.4 is 4.57 Å². The molecule has 8 aromatic rings. The van der Waals surface area contributed by atoms with Crippen molar-refractivity contribution < 1.29 is 8.98 Å². The first-order valence-corrected chi connectivity index (χ1v) is 16.3. The predicted molar refractivity (Wildman–Crippen MR) is 192 cm³/mol. The molecule has 0 aliphatic rings. The van der Waals surface area contributed by atoms with Crippen molar-refractivity contribution in [1.29, 1.82) is 0 Å². The van der Waals surface area contributed by atoms with Crippen LogP contribution in [-0.2, 0) is 0 Å². The van der Waals surface area contributed by atoms with Crippen molar-refractivity contribution in [2.45, 2.75) is 39.5 Å². The zero-order valence-electron chi connectivity index (χ0n) is 26.7. The Labute approximate surface area is 269 Å². The van der Waals surface area contributed by atoms with Gasteiger partial charge in [0.2, 0.25) is 0 Å². The monoisotopic (exact) mass is 597 g/mol. The topological polar surface area (TPSA) is 32.8 Å². The summed E-state index contributed by atoms with van der Waals surface area (Å²) in [6.45, 7) is 9.21. The van der Waals surface area contributed by atoms with Gasteiger partial charge in [-0.25, -0.2) is 4.98 Å². The third kappa shape index (κ3) is 4.62. The molecule has 0 fully saturated rings. The molecule has 0 amide bonds. The van der Waals surface area contributed by atoms with E-state index in [-0.39, 0.29) is 0 Å². The highest BCUT2D eigenvalue weighted by atomic mass is 16.3. The van der Waals surface area contributed by atoms with E-state index >= 15 is 0 Å². The van der Waals surface area contributed by atoms with Crippen molar-refractivity contribution in [3.8, 4) is 39.3 Å². The predicted octanol–water partition coefficient (Wildman–Crippen LogP) is 11.6. The third-order valence-electron chi connectivity index (χ3n) is 9.23. The number of hydrogen-bond donors (Lipinski definition) is 1. The van der Waals surface area contributed by atoms with E-state index in [2.05, 4.69) is 171 Å². The molecule has 224 valence electrons. The van der Waals surface area contributed by atoms with Crippen LogP contribution in [0.1, 0.15) is 50.7 Å². The van der Waals surface area contributed by atoms with Crippen molar-refractivity contribution in [3.05, 3.63) is 145 Å². The summed E-state index contributed by atoms with van der Waals surface area (Å²) >= 11 is 0. The number of nitrogens with one attached hydrogen (secondary N) is 1. The van der Waals surface area contributed by atoms with Crippen LogP contribution in [0.3, 0.4) is 0 Å². The minimum absolute atomic E-state index is 0.309. The van der Waals surface area contributed by atoms with Gasteiger partial charge in [0.1, 0.15) is 16.8 Å². The first-order chi connectivity index (χ1) is 22.5. The Kier molecular flexibility index (Phi) is 6.83. The molecular formula is C43H37N2O+. The lowest BCUT2D eigenvalue weighted by Gasteiger charge is -2.20. The zero-order chi connectivity index (χ0) is 31.4. The van der Waals surface area contributed by atoms with Gasteiger partial charge in [0.15, 0.2) is 16.6 Å². The second kappa shape index (κ2) is 11.2. The van der Waals surface area contributed by atoms with Crippen LogP contribution in [0.4, 0.5) is 0 Å². The normalized spacial score (nSPS) is 11.9. The average molecular weight is 598 g/mol. The van der Waals surface area contributed by atoms with Crippen LogP contribution in [0.5, 0.6) is 0 Å². The smallest absolute Gasteiger partial charge is 0.296 e. The minimum atomic E-state index is 0.309. The van der Waals surface area contributed by atoms with Crippen molar-refractivity contribution in [2.75, 3.05) is 0 Å². The van der Waals surface area contributed by atoms with Gasteiger partial charge in [-0.3, -0.25) is 0 Å². The first kappa shape index (κ1) is 28.1. The van der Waals surface area contributed by atoms with Gasteiger partial charge in [-0.1, -0.05) is 119 Å². The van der Waals surface area contributed by atoms with E-state index in [1.807, 2.05) is 0 Å². The number of benzene rings is 6. The number of fused-ring (bicyclic) bond motifs is 4. The molecule has 0 aliphatic carbocycles. The van der Waals surface area contributed by atoms with E-state index in [1.165, 1.54) is 33.5 Å². The largest absolute Gasteiger partial charge is 0.455 e. The molecule has 8 rings (SSSR count). The molecule has 46 heavy (non-hydrogen) atoms. The summed E-state index contributed by atoms with van der Waals surface area (Å²) in [7, 11) is 0. The van der Waals surface area contributed by atoms with Crippen molar-refractivity contribution in [3.63, 3.8) is 0 Å². The lowest BCUT2D eigenvalue weighted by Crippen LogP contribution is -2.35. The fraction of sp³-hybridized carbons (Fsp3) is 0.140. The maximum absolute atomic E-state index is 6.79. The molecule has 6 aromatic carbocycles. The Morgan fingerprint density at radius 3 is 1.85 bits per heavy atom. The highest BCUT2D eigenvalue weighted by Gasteiger charge is 2.30. The van der Waals surface area contributed by atoms with Gasteiger partial charge in [-0.2, -0.15) is 4.57 Å². The molecule has 0 spiro atoms. The number of nitrogens with zero attached hydrogens (tertiary/aromatic N) is 1.